The highest BCUT2D eigenvalue weighted by atomic mass is 16.6. The van der Waals surface area contributed by atoms with Crippen molar-refractivity contribution >= 4 is 23.3 Å². The molecule has 1 unspecified atom stereocenters. The molecule has 2 aromatic rings. The molecule has 1 N–H and O–H groups in total. The van der Waals surface area contributed by atoms with Gasteiger partial charge in [-0.05, 0) is 24.1 Å². The van der Waals surface area contributed by atoms with Crippen molar-refractivity contribution in [2.75, 3.05) is 31.1 Å². The lowest BCUT2D eigenvalue weighted by Gasteiger charge is -2.37. The Morgan fingerprint density at radius 3 is 2.45 bits per heavy atom. The Labute approximate surface area is 167 Å². The van der Waals surface area contributed by atoms with Crippen molar-refractivity contribution in [1.29, 1.82) is 0 Å². The highest BCUT2D eigenvalue weighted by molar-refractivity contribution is 5.95. The van der Waals surface area contributed by atoms with E-state index >= 15 is 0 Å². The average molecular weight is 401 g/mol. The second kappa shape index (κ2) is 8.72. The Bertz CT molecular complexity index is 858. The molecule has 1 aliphatic heterocycles. The molecule has 0 aliphatic carbocycles. The van der Waals surface area contributed by atoms with Gasteiger partial charge in [0.05, 0.1) is 11.2 Å². The molecule has 10 nitrogen and oxygen atoms in total. The van der Waals surface area contributed by atoms with Gasteiger partial charge in [-0.2, -0.15) is 0 Å². The molecule has 2 aromatic heterocycles. The maximum absolute atomic E-state index is 13.0. The summed E-state index contributed by atoms with van der Waals surface area (Å²) in [5.41, 5.74) is -0.0605. The van der Waals surface area contributed by atoms with Gasteiger partial charge in [0.2, 0.25) is 5.91 Å². The van der Waals surface area contributed by atoms with Crippen LogP contribution in [0.2, 0.25) is 0 Å². The van der Waals surface area contributed by atoms with Gasteiger partial charge in [-0.1, -0.05) is 13.8 Å². The van der Waals surface area contributed by atoms with Gasteiger partial charge in [0, 0.05) is 32.2 Å². The number of pyridine rings is 1. The van der Waals surface area contributed by atoms with Gasteiger partial charge in [-0.25, -0.2) is 4.98 Å². The summed E-state index contributed by atoms with van der Waals surface area (Å²) in [7, 11) is 0. The first-order valence-electron chi connectivity index (χ1n) is 9.35. The first kappa shape index (κ1) is 20.3. The third kappa shape index (κ3) is 4.71. The van der Waals surface area contributed by atoms with Gasteiger partial charge in [-0.15, -0.1) is 0 Å². The molecular formula is C19H23N5O5. The lowest BCUT2D eigenvalue weighted by molar-refractivity contribution is -0.385. The molecule has 0 spiro atoms. The van der Waals surface area contributed by atoms with Crippen LogP contribution >= 0.6 is 0 Å². The van der Waals surface area contributed by atoms with Crippen LogP contribution in [0.3, 0.4) is 0 Å². The summed E-state index contributed by atoms with van der Waals surface area (Å²) >= 11 is 0. The van der Waals surface area contributed by atoms with Gasteiger partial charge in [0.1, 0.15) is 18.1 Å². The second-order valence-electron chi connectivity index (χ2n) is 7.12. The van der Waals surface area contributed by atoms with Crippen LogP contribution in [0.25, 0.3) is 0 Å². The Morgan fingerprint density at radius 1 is 1.21 bits per heavy atom. The molecule has 0 aromatic carbocycles. The molecule has 1 aliphatic rings. The molecule has 3 heterocycles. The molecule has 10 heteroatoms. The fourth-order valence-corrected chi connectivity index (χ4v) is 3.16. The summed E-state index contributed by atoms with van der Waals surface area (Å²) in [6, 6.07) is 5.53. The summed E-state index contributed by atoms with van der Waals surface area (Å²) in [5.74, 6) is 0.148. The van der Waals surface area contributed by atoms with Gasteiger partial charge in [0.25, 0.3) is 11.6 Å². The molecule has 1 fully saturated rings. The summed E-state index contributed by atoms with van der Waals surface area (Å²) in [6.45, 7) is 5.79. The standard InChI is InChI=1S/C19H23N5O5/c1-13(2)17(21-18(25)15-4-3-11-29-15)19(26)23-9-7-22(8-10-23)16-6-5-14(12-20-16)24(27)28/h3-6,11-13,17H,7-10H2,1-2H3,(H,21,25). The van der Waals surface area contributed by atoms with E-state index in [2.05, 4.69) is 10.3 Å². The van der Waals surface area contributed by atoms with Crippen molar-refractivity contribution in [2.45, 2.75) is 19.9 Å². The Balaban J connectivity index is 1.60. The minimum atomic E-state index is -0.656. The first-order valence-corrected chi connectivity index (χ1v) is 9.35. The van der Waals surface area contributed by atoms with Gasteiger partial charge < -0.3 is 19.5 Å². The summed E-state index contributed by atoms with van der Waals surface area (Å²) in [5, 5.41) is 13.5. The zero-order chi connectivity index (χ0) is 21.0. The largest absolute Gasteiger partial charge is 0.459 e. The number of nitro groups is 1. The van der Waals surface area contributed by atoms with Crippen LogP contribution in [-0.2, 0) is 4.79 Å². The number of furan rings is 1. The molecule has 2 amide bonds. The third-order valence-corrected chi connectivity index (χ3v) is 4.82. The minimum absolute atomic E-state index is 0.0605. The molecule has 0 radical (unpaired) electrons. The maximum atomic E-state index is 13.0. The highest BCUT2D eigenvalue weighted by Gasteiger charge is 2.31. The quantitative estimate of drug-likeness (QED) is 0.577. The number of carbonyl (C=O) groups excluding carboxylic acids is 2. The average Bonchev–Trinajstić information content (AvgIpc) is 3.26. The number of hydrogen-bond donors (Lipinski definition) is 1. The molecule has 0 saturated carbocycles. The van der Waals surface area contributed by atoms with Crippen molar-refractivity contribution in [1.82, 2.24) is 15.2 Å². The number of amides is 2. The van der Waals surface area contributed by atoms with Crippen LogP contribution in [0.5, 0.6) is 0 Å². The highest BCUT2D eigenvalue weighted by Crippen LogP contribution is 2.18. The van der Waals surface area contributed by atoms with Crippen LogP contribution in [0.4, 0.5) is 11.5 Å². The molecule has 1 atom stereocenters. The van der Waals surface area contributed by atoms with Crippen molar-refractivity contribution in [2.24, 2.45) is 5.92 Å². The number of nitrogens with one attached hydrogen (secondary N) is 1. The summed E-state index contributed by atoms with van der Waals surface area (Å²) in [6.07, 6.45) is 2.64. The third-order valence-electron chi connectivity index (χ3n) is 4.82. The maximum Gasteiger partial charge on any atom is 0.287 e. The van der Waals surface area contributed by atoms with Crippen LogP contribution < -0.4 is 10.2 Å². The van der Waals surface area contributed by atoms with Gasteiger partial charge >= 0.3 is 0 Å². The Hall–Kier alpha value is -3.43. The number of carbonyl (C=O) groups is 2. The van der Waals surface area contributed by atoms with Crippen molar-refractivity contribution in [3.8, 4) is 0 Å². The van der Waals surface area contributed by atoms with E-state index in [1.165, 1.54) is 18.5 Å². The fraction of sp³-hybridized carbons (Fsp3) is 0.421. The molecule has 0 bridgehead atoms. The molecule has 29 heavy (non-hydrogen) atoms. The van der Waals surface area contributed by atoms with Crippen molar-refractivity contribution in [3.63, 3.8) is 0 Å². The smallest absolute Gasteiger partial charge is 0.287 e. The molecule has 154 valence electrons. The van der Waals surface area contributed by atoms with Crippen LogP contribution in [0.15, 0.2) is 41.1 Å². The molecular weight excluding hydrogens is 378 g/mol. The molecule has 3 rings (SSSR count). The second-order valence-corrected chi connectivity index (χ2v) is 7.12. The van der Waals surface area contributed by atoms with Crippen LogP contribution in [-0.4, -0.2) is 58.8 Å². The lowest BCUT2D eigenvalue weighted by atomic mass is 10.0. The number of nitrogens with zero attached hydrogens (tertiary/aromatic N) is 4. The fourth-order valence-electron chi connectivity index (χ4n) is 3.16. The van der Waals surface area contributed by atoms with E-state index in [1.807, 2.05) is 18.7 Å². The summed E-state index contributed by atoms with van der Waals surface area (Å²) in [4.78, 5) is 43.3. The minimum Gasteiger partial charge on any atom is -0.459 e. The number of piperazine rings is 1. The summed E-state index contributed by atoms with van der Waals surface area (Å²) < 4.78 is 5.09. The Morgan fingerprint density at radius 2 is 1.93 bits per heavy atom. The normalized spacial score (nSPS) is 15.3. The van der Waals surface area contributed by atoms with Gasteiger partial charge in [0.15, 0.2) is 5.76 Å². The SMILES string of the molecule is CC(C)C(NC(=O)c1ccco1)C(=O)N1CCN(c2ccc([N+](=O)[O-])cn2)CC1. The van der Waals surface area contributed by atoms with E-state index < -0.39 is 16.9 Å². The number of aromatic nitrogens is 1. The van der Waals surface area contributed by atoms with Crippen molar-refractivity contribution in [3.05, 3.63) is 52.6 Å². The van der Waals surface area contributed by atoms with E-state index in [4.69, 9.17) is 4.42 Å². The lowest BCUT2D eigenvalue weighted by Crippen LogP contribution is -2.56. The first-order chi connectivity index (χ1) is 13.9. The van der Waals surface area contributed by atoms with Crippen LogP contribution in [0, 0.1) is 16.0 Å². The zero-order valence-electron chi connectivity index (χ0n) is 16.3. The number of hydrogen-bond acceptors (Lipinski definition) is 7. The van der Waals surface area contributed by atoms with E-state index in [0.29, 0.717) is 32.0 Å². The van der Waals surface area contributed by atoms with E-state index in [-0.39, 0.29) is 23.3 Å². The number of rotatable bonds is 6. The predicted octanol–water partition coefficient (Wildman–Crippen LogP) is 1.69. The van der Waals surface area contributed by atoms with Gasteiger partial charge in [-0.3, -0.25) is 19.7 Å². The Kier molecular flexibility index (Phi) is 6.10. The molecule has 1 saturated heterocycles. The van der Waals surface area contributed by atoms with Crippen LogP contribution in [0.1, 0.15) is 24.4 Å². The van der Waals surface area contributed by atoms with E-state index in [0.717, 1.165) is 0 Å². The van der Waals surface area contributed by atoms with E-state index in [1.54, 1.807) is 23.1 Å². The predicted molar refractivity (Wildman–Crippen MR) is 104 cm³/mol. The van der Waals surface area contributed by atoms with E-state index in [9.17, 15) is 19.7 Å². The monoisotopic (exact) mass is 401 g/mol. The zero-order valence-corrected chi connectivity index (χ0v) is 16.3. The topological polar surface area (TPSA) is 122 Å². The van der Waals surface area contributed by atoms with Crippen molar-refractivity contribution < 1.29 is 18.9 Å². The number of anilines is 1.